The maximum atomic E-state index is 13.5. The maximum Gasteiger partial charge on any atom is 0.339 e. The molecular formula is C29H24N8O7. The summed E-state index contributed by atoms with van der Waals surface area (Å²) >= 11 is 0. The number of hydrogen-bond donors (Lipinski definition) is 4. The number of carbonyl (C=O) groups is 3. The van der Waals surface area contributed by atoms with E-state index < -0.39 is 23.4 Å². The molecule has 15 nitrogen and oxygen atoms in total. The number of aromatic carboxylic acids is 2. The predicted octanol–water partition coefficient (Wildman–Crippen LogP) is 3.01. The average Bonchev–Trinajstić information content (AvgIpc) is 3.72. The fourth-order valence-corrected chi connectivity index (χ4v) is 4.90. The van der Waals surface area contributed by atoms with Crippen LogP contribution in [0.3, 0.4) is 0 Å². The van der Waals surface area contributed by atoms with Gasteiger partial charge in [0.2, 0.25) is 0 Å². The minimum Gasteiger partial charge on any atom is -0.507 e. The second-order valence-electron chi connectivity index (χ2n) is 10.1. The van der Waals surface area contributed by atoms with Gasteiger partial charge in [-0.1, -0.05) is 10.4 Å². The topological polar surface area (TPSA) is 210 Å². The number of carboxylic acid groups (broad SMARTS) is 2. The molecule has 0 atom stereocenters. The molecule has 4 heterocycles. The third-order valence-electron chi connectivity index (χ3n) is 7.18. The van der Waals surface area contributed by atoms with Gasteiger partial charge < -0.3 is 25.3 Å². The van der Waals surface area contributed by atoms with Crippen molar-refractivity contribution in [1.82, 2.24) is 39.9 Å². The van der Waals surface area contributed by atoms with Crippen LogP contribution in [0.5, 0.6) is 11.5 Å². The van der Waals surface area contributed by atoms with Gasteiger partial charge in [-0.2, -0.15) is 0 Å². The van der Waals surface area contributed by atoms with E-state index in [-0.39, 0.29) is 17.0 Å². The average molecular weight is 597 g/mol. The first-order valence-electron chi connectivity index (χ1n) is 13.5. The van der Waals surface area contributed by atoms with Crippen LogP contribution in [0.1, 0.15) is 50.3 Å². The van der Waals surface area contributed by atoms with E-state index in [1.54, 1.807) is 17.0 Å². The lowest BCUT2D eigenvalue weighted by molar-refractivity contribution is 0.0682. The molecule has 44 heavy (non-hydrogen) atoms. The molecule has 1 saturated heterocycles. The minimum absolute atomic E-state index is 0.183. The molecule has 1 aliphatic rings. The highest BCUT2D eigenvalue weighted by Crippen LogP contribution is 2.27. The van der Waals surface area contributed by atoms with Crippen LogP contribution in [-0.2, 0) is 0 Å². The van der Waals surface area contributed by atoms with E-state index >= 15 is 0 Å². The Labute approximate surface area is 248 Å². The van der Waals surface area contributed by atoms with Gasteiger partial charge in [-0.15, -0.1) is 10.2 Å². The van der Waals surface area contributed by atoms with Crippen molar-refractivity contribution in [1.29, 1.82) is 0 Å². The number of amides is 1. The lowest BCUT2D eigenvalue weighted by atomic mass is 10.1. The van der Waals surface area contributed by atoms with Crippen molar-refractivity contribution in [2.75, 3.05) is 13.1 Å². The van der Waals surface area contributed by atoms with Gasteiger partial charge in [0.1, 0.15) is 34.0 Å². The largest absolute Gasteiger partial charge is 0.507 e. The summed E-state index contributed by atoms with van der Waals surface area (Å²) in [4.78, 5) is 42.5. The van der Waals surface area contributed by atoms with Crippen molar-refractivity contribution in [3.63, 3.8) is 0 Å². The van der Waals surface area contributed by atoms with Crippen molar-refractivity contribution in [2.45, 2.75) is 19.3 Å². The normalized spacial score (nSPS) is 13.1. The number of hydrogen-bond acceptors (Lipinski definition) is 10. The van der Waals surface area contributed by atoms with Gasteiger partial charge in [0.05, 0.1) is 35.2 Å². The van der Waals surface area contributed by atoms with Crippen LogP contribution in [0.15, 0.2) is 60.9 Å². The Morgan fingerprint density at radius 3 is 1.55 bits per heavy atom. The number of aromatic hydroxyl groups is 2. The van der Waals surface area contributed by atoms with E-state index in [2.05, 4.69) is 25.6 Å². The van der Waals surface area contributed by atoms with E-state index in [0.717, 1.165) is 19.3 Å². The number of nitrogens with zero attached hydrogens (tertiary/aromatic N) is 8. The summed E-state index contributed by atoms with van der Waals surface area (Å²) < 4.78 is 2.68. The monoisotopic (exact) mass is 596 g/mol. The molecular weight excluding hydrogens is 572 g/mol. The van der Waals surface area contributed by atoms with Crippen LogP contribution in [0.25, 0.3) is 34.2 Å². The molecule has 1 fully saturated rings. The number of pyridine rings is 1. The molecule has 15 heteroatoms. The molecule has 2 aromatic carbocycles. The SMILES string of the molecule is O=C(O)c1ccc(-n2cc(-c3cc(C(=O)N4CCCCC4)cc(-c4cn(-c5ccc(C(=O)O)c(O)c5)nn4)n3)nn2)cc1O. The molecule has 0 spiro atoms. The van der Waals surface area contributed by atoms with E-state index in [1.165, 1.54) is 58.2 Å². The van der Waals surface area contributed by atoms with E-state index in [9.17, 15) is 34.8 Å². The number of benzene rings is 2. The Morgan fingerprint density at radius 1 is 0.636 bits per heavy atom. The van der Waals surface area contributed by atoms with Gasteiger partial charge in [-0.3, -0.25) is 4.79 Å². The van der Waals surface area contributed by atoms with Crippen LogP contribution in [0.2, 0.25) is 0 Å². The zero-order valence-electron chi connectivity index (χ0n) is 22.9. The van der Waals surface area contributed by atoms with Crippen molar-refractivity contribution in [2.24, 2.45) is 0 Å². The second-order valence-corrected chi connectivity index (χ2v) is 10.1. The van der Waals surface area contributed by atoms with E-state index in [1.807, 2.05) is 0 Å². The summed E-state index contributed by atoms with van der Waals surface area (Å²) in [6.45, 7) is 1.26. The number of aromatic nitrogens is 7. The summed E-state index contributed by atoms with van der Waals surface area (Å²) in [7, 11) is 0. The Balaban J connectivity index is 1.39. The third kappa shape index (κ3) is 5.40. The van der Waals surface area contributed by atoms with Crippen molar-refractivity contribution >= 4 is 17.8 Å². The van der Waals surface area contributed by atoms with Crippen molar-refractivity contribution in [3.05, 3.63) is 77.6 Å². The van der Waals surface area contributed by atoms with Gasteiger partial charge in [0.25, 0.3) is 5.91 Å². The number of piperidine rings is 1. The van der Waals surface area contributed by atoms with Gasteiger partial charge in [-0.25, -0.2) is 23.9 Å². The standard InChI is InChI=1S/C29H24N8O7/c38-25-12-17(4-6-19(25)28(41)42)36-14-23(31-33-36)21-10-16(27(40)35-8-2-1-3-9-35)11-22(30-21)24-15-37(34-32-24)18-5-7-20(29(43)44)26(39)13-18/h4-7,10-15,38-39H,1-3,8-9H2,(H,41,42)(H,43,44). The maximum absolute atomic E-state index is 13.5. The quantitative estimate of drug-likeness (QED) is 0.214. The first kappa shape index (κ1) is 28.0. The first-order chi connectivity index (χ1) is 21.2. The van der Waals surface area contributed by atoms with Gasteiger partial charge in [0, 0.05) is 30.8 Å². The molecule has 0 aliphatic carbocycles. The molecule has 0 unspecified atom stereocenters. The zero-order valence-corrected chi connectivity index (χ0v) is 22.9. The molecule has 0 radical (unpaired) electrons. The lowest BCUT2D eigenvalue weighted by Crippen LogP contribution is -2.35. The first-order valence-corrected chi connectivity index (χ1v) is 13.5. The Kier molecular flexibility index (Phi) is 7.18. The highest BCUT2D eigenvalue weighted by atomic mass is 16.4. The summed E-state index contributed by atoms with van der Waals surface area (Å²) in [6, 6.07) is 11.1. The summed E-state index contributed by atoms with van der Waals surface area (Å²) in [5, 5.41) is 55.2. The Morgan fingerprint density at radius 2 is 1.11 bits per heavy atom. The Bertz CT molecular complexity index is 1810. The summed E-state index contributed by atoms with van der Waals surface area (Å²) in [6.07, 6.45) is 5.91. The van der Waals surface area contributed by atoms with Crippen LogP contribution < -0.4 is 0 Å². The van der Waals surface area contributed by atoms with Crippen molar-refractivity contribution < 1.29 is 34.8 Å². The predicted molar refractivity (Wildman–Crippen MR) is 152 cm³/mol. The fraction of sp³-hybridized carbons (Fsp3) is 0.172. The van der Waals surface area contributed by atoms with Gasteiger partial charge >= 0.3 is 11.9 Å². The van der Waals surface area contributed by atoms with Gasteiger partial charge in [0.15, 0.2) is 0 Å². The van der Waals surface area contributed by atoms with E-state index in [0.29, 0.717) is 52.8 Å². The summed E-state index contributed by atoms with van der Waals surface area (Å²) in [5.74, 6) is -3.60. The summed E-state index contributed by atoms with van der Waals surface area (Å²) in [5.41, 5.74) is 1.74. The minimum atomic E-state index is -1.27. The highest BCUT2D eigenvalue weighted by molar-refractivity contribution is 5.96. The van der Waals surface area contributed by atoms with Crippen molar-refractivity contribution in [3.8, 4) is 45.6 Å². The number of likely N-dealkylation sites (tertiary alicyclic amines) is 1. The molecule has 222 valence electrons. The molecule has 4 N–H and O–H groups in total. The molecule has 5 aromatic rings. The molecule has 6 rings (SSSR count). The number of carboxylic acids is 2. The highest BCUT2D eigenvalue weighted by Gasteiger charge is 2.22. The molecule has 1 aliphatic heterocycles. The third-order valence-corrected chi connectivity index (χ3v) is 7.18. The smallest absolute Gasteiger partial charge is 0.339 e. The number of carbonyl (C=O) groups excluding carboxylic acids is 1. The van der Waals surface area contributed by atoms with Crippen LogP contribution in [-0.4, -0.2) is 91.2 Å². The van der Waals surface area contributed by atoms with Crippen LogP contribution in [0.4, 0.5) is 0 Å². The number of phenols is 2. The molecule has 0 saturated carbocycles. The fourth-order valence-electron chi connectivity index (χ4n) is 4.90. The van der Waals surface area contributed by atoms with E-state index in [4.69, 9.17) is 0 Å². The molecule has 3 aromatic heterocycles. The van der Waals surface area contributed by atoms with Crippen LogP contribution >= 0.6 is 0 Å². The number of rotatable bonds is 7. The Hall–Kier alpha value is -6.12. The lowest BCUT2D eigenvalue weighted by Gasteiger charge is -2.26. The second kappa shape index (κ2) is 11.3. The van der Waals surface area contributed by atoms with Crippen LogP contribution in [0, 0.1) is 0 Å². The molecule has 1 amide bonds. The zero-order chi connectivity index (χ0) is 31.0. The van der Waals surface area contributed by atoms with Gasteiger partial charge in [-0.05, 0) is 55.7 Å². The molecule has 0 bridgehead atoms.